The molecule has 0 radical (unpaired) electrons. The van der Waals surface area contributed by atoms with E-state index in [1.807, 2.05) is 0 Å². The molecule has 1 heterocycles. The molecular formula is C19H36N2. The van der Waals surface area contributed by atoms with E-state index < -0.39 is 0 Å². The van der Waals surface area contributed by atoms with Gasteiger partial charge < -0.3 is 5.32 Å². The lowest BCUT2D eigenvalue weighted by atomic mass is 9.82. The van der Waals surface area contributed by atoms with Crippen molar-refractivity contribution >= 4 is 0 Å². The Labute approximate surface area is 132 Å². The topological polar surface area (TPSA) is 15.3 Å². The van der Waals surface area contributed by atoms with E-state index >= 15 is 0 Å². The number of hydrogen-bond donors (Lipinski definition) is 1. The van der Waals surface area contributed by atoms with Crippen LogP contribution in [0.25, 0.3) is 0 Å². The predicted octanol–water partition coefficient (Wildman–Crippen LogP) is 4.05. The first kappa shape index (κ1) is 15.8. The Balaban J connectivity index is 1.71. The third-order valence-electron chi connectivity index (χ3n) is 7.46. The van der Waals surface area contributed by atoms with E-state index in [1.54, 1.807) is 0 Å². The van der Waals surface area contributed by atoms with E-state index in [9.17, 15) is 0 Å². The minimum Gasteiger partial charge on any atom is -0.311 e. The summed E-state index contributed by atoms with van der Waals surface area (Å²) in [5.74, 6) is 0.934. The maximum atomic E-state index is 3.92. The second-order valence-electron chi connectivity index (χ2n) is 9.02. The van der Waals surface area contributed by atoms with E-state index in [0.717, 1.165) is 24.0 Å². The first-order chi connectivity index (χ1) is 9.89. The Morgan fingerprint density at radius 1 is 1.00 bits per heavy atom. The van der Waals surface area contributed by atoms with Crippen LogP contribution in [0.4, 0.5) is 0 Å². The van der Waals surface area contributed by atoms with Crippen LogP contribution in [-0.2, 0) is 0 Å². The zero-order valence-corrected chi connectivity index (χ0v) is 14.9. The first-order valence-corrected chi connectivity index (χ1v) is 9.38. The summed E-state index contributed by atoms with van der Waals surface area (Å²) in [6.07, 6.45) is 8.58. The molecule has 0 aromatic carbocycles. The van der Waals surface area contributed by atoms with Gasteiger partial charge in [0.05, 0.1) is 0 Å². The number of nitrogens with zero attached hydrogens (tertiary/aromatic N) is 1. The molecule has 0 aromatic heterocycles. The zero-order chi connectivity index (χ0) is 15.3. The molecule has 0 aromatic rings. The van der Waals surface area contributed by atoms with Crippen molar-refractivity contribution in [1.29, 1.82) is 0 Å². The summed E-state index contributed by atoms with van der Waals surface area (Å²) in [5, 5.41) is 3.92. The molecule has 0 amide bonds. The summed E-state index contributed by atoms with van der Waals surface area (Å²) in [6, 6.07) is 2.28. The molecule has 2 heteroatoms. The second kappa shape index (κ2) is 5.53. The largest absolute Gasteiger partial charge is 0.311 e. The molecule has 3 aliphatic rings. The lowest BCUT2D eigenvalue weighted by Gasteiger charge is -2.45. The van der Waals surface area contributed by atoms with Crippen molar-refractivity contribution in [2.45, 2.75) is 91.3 Å². The maximum absolute atomic E-state index is 3.92. The van der Waals surface area contributed by atoms with E-state index in [-0.39, 0.29) is 0 Å². The summed E-state index contributed by atoms with van der Waals surface area (Å²) >= 11 is 0. The van der Waals surface area contributed by atoms with Gasteiger partial charge in [-0.3, -0.25) is 4.90 Å². The quantitative estimate of drug-likeness (QED) is 0.844. The Morgan fingerprint density at radius 2 is 1.62 bits per heavy atom. The molecule has 3 rings (SSSR count). The van der Waals surface area contributed by atoms with Gasteiger partial charge in [-0.2, -0.15) is 0 Å². The normalized spacial score (nSPS) is 37.6. The molecular weight excluding hydrogens is 256 g/mol. The minimum absolute atomic E-state index is 0.481. The van der Waals surface area contributed by atoms with Gasteiger partial charge in [0.25, 0.3) is 0 Å². The van der Waals surface area contributed by atoms with Crippen LogP contribution in [0, 0.1) is 16.7 Å². The summed E-state index contributed by atoms with van der Waals surface area (Å²) in [6.45, 7) is 14.8. The Hall–Kier alpha value is -0.0800. The van der Waals surface area contributed by atoms with Crippen LogP contribution in [0.2, 0.25) is 0 Å². The molecule has 0 spiro atoms. The molecule has 122 valence electrons. The zero-order valence-electron chi connectivity index (χ0n) is 14.9. The van der Waals surface area contributed by atoms with Crippen LogP contribution in [-0.4, -0.2) is 36.1 Å². The molecule has 2 unspecified atom stereocenters. The smallest absolute Gasteiger partial charge is 0.0224 e. The van der Waals surface area contributed by atoms with Crippen molar-refractivity contribution in [2.24, 2.45) is 16.7 Å². The molecule has 1 N–H and O–H groups in total. The van der Waals surface area contributed by atoms with Gasteiger partial charge in [0.2, 0.25) is 0 Å². The van der Waals surface area contributed by atoms with Gasteiger partial charge in [-0.05, 0) is 36.0 Å². The van der Waals surface area contributed by atoms with Crippen LogP contribution in [0.3, 0.4) is 0 Å². The van der Waals surface area contributed by atoms with Crippen LogP contribution in [0.5, 0.6) is 0 Å². The Bertz CT molecular complexity index is 354. The van der Waals surface area contributed by atoms with Crippen molar-refractivity contribution in [3.05, 3.63) is 0 Å². The highest BCUT2D eigenvalue weighted by atomic mass is 15.3. The molecule has 2 aliphatic carbocycles. The fraction of sp³-hybridized carbons (Fsp3) is 1.00. The van der Waals surface area contributed by atoms with Gasteiger partial charge in [0.1, 0.15) is 0 Å². The lowest BCUT2D eigenvalue weighted by Crippen LogP contribution is -2.60. The monoisotopic (exact) mass is 292 g/mol. The number of nitrogens with one attached hydrogen (secondary N) is 1. The molecule has 1 aliphatic heterocycles. The summed E-state index contributed by atoms with van der Waals surface area (Å²) in [4.78, 5) is 2.90. The van der Waals surface area contributed by atoms with Gasteiger partial charge in [-0.1, -0.05) is 53.9 Å². The van der Waals surface area contributed by atoms with Crippen molar-refractivity contribution in [1.82, 2.24) is 10.2 Å². The van der Waals surface area contributed by atoms with Gasteiger partial charge in [0.15, 0.2) is 0 Å². The molecule has 2 nitrogen and oxygen atoms in total. The van der Waals surface area contributed by atoms with Crippen molar-refractivity contribution in [2.75, 3.05) is 13.1 Å². The third-order valence-corrected chi connectivity index (χ3v) is 7.46. The summed E-state index contributed by atoms with van der Waals surface area (Å²) in [5.41, 5.74) is 0.962. The maximum Gasteiger partial charge on any atom is 0.0224 e. The van der Waals surface area contributed by atoms with Crippen molar-refractivity contribution < 1.29 is 0 Å². The molecule has 0 bridgehead atoms. The fourth-order valence-electron chi connectivity index (χ4n) is 5.38. The van der Waals surface area contributed by atoms with E-state index in [4.69, 9.17) is 0 Å². The molecule has 1 saturated heterocycles. The fourth-order valence-corrected chi connectivity index (χ4v) is 5.38. The van der Waals surface area contributed by atoms with Gasteiger partial charge in [-0.15, -0.1) is 0 Å². The van der Waals surface area contributed by atoms with Crippen LogP contribution >= 0.6 is 0 Å². The average Bonchev–Trinajstić information content (AvgIpc) is 2.89. The van der Waals surface area contributed by atoms with E-state index in [1.165, 1.54) is 51.6 Å². The molecule has 3 fully saturated rings. The van der Waals surface area contributed by atoms with Gasteiger partial charge >= 0.3 is 0 Å². The Kier molecular flexibility index (Phi) is 4.16. The number of rotatable bonds is 3. The highest BCUT2D eigenvalue weighted by Gasteiger charge is 2.68. The standard InChI is InChI=1S/C19H36N2/c1-6-15-12-20-16(14-10-8-7-9-11-14)13-21(15)17-18(2,3)19(17,4)5/h14-17,20H,6-13H2,1-5H3. The lowest BCUT2D eigenvalue weighted by molar-refractivity contribution is 0.0712. The number of hydrogen-bond acceptors (Lipinski definition) is 2. The third kappa shape index (κ3) is 2.57. The van der Waals surface area contributed by atoms with Gasteiger partial charge in [-0.25, -0.2) is 0 Å². The van der Waals surface area contributed by atoms with Crippen LogP contribution in [0.1, 0.15) is 73.1 Å². The van der Waals surface area contributed by atoms with Crippen LogP contribution in [0.15, 0.2) is 0 Å². The SMILES string of the molecule is CCC1CNC(C2CCCCC2)CN1C1C(C)(C)C1(C)C. The first-order valence-electron chi connectivity index (χ1n) is 9.38. The number of piperazine rings is 1. The van der Waals surface area contributed by atoms with Crippen LogP contribution < -0.4 is 5.32 Å². The molecule has 2 saturated carbocycles. The van der Waals surface area contributed by atoms with E-state index in [2.05, 4.69) is 44.8 Å². The van der Waals surface area contributed by atoms with Crippen molar-refractivity contribution in [3.8, 4) is 0 Å². The Morgan fingerprint density at radius 3 is 2.14 bits per heavy atom. The minimum atomic E-state index is 0.481. The summed E-state index contributed by atoms with van der Waals surface area (Å²) in [7, 11) is 0. The molecule has 2 atom stereocenters. The predicted molar refractivity (Wildman–Crippen MR) is 90.5 cm³/mol. The second-order valence-corrected chi connectivity index (χ2v) is 9.02. The molecule has 21 heavy (non-hydrogen) atoms. The van der Waals surface area contributed by atoms with Crippen molar-refractivity contribution in [3.63, 3.8) is 0 Å². The summed E-state index contributed by atoms with van der Waals surface area (Å²) < 4.78 is 0. The van der Waals surface area contributed by atoms with Gasteiger partial charge in [0, 0.05) is 31.2 Å². The van der Waals surface area contributed by atoms with E-state index in [0.29, 0.717) is 10.8 Å². The average molecular weight is 293 g/mol. The highest BCUT2D eigenvalue weighted by Crippen LogP contribution is 2.65. The highest BCUT2D eigenvalue weighted by molar-refractivity contribution is 5.20.